The van der Waals surface area contributed by atoms with Crippen LogP contribution in [0, 0.1) is 0 Å². The van der Waals surface area contributed by atoms with Gasteiger partial charge in [0.2, 0.25) is 5.91 Å². The maximum atomic E-state index is 12.6. The average Bonchev–Trinajstić information content (AvgIpc) is 2.47. The molecule has 1 saturated heterocycles. The molecule has 2 amide bonds. The minimum absolute atomic E-state index is 0.128. The van der Waals surface area contributed by atoms with Crippen LogP contribution in [0.15, 0.2) is 22.7 Å². The van der Waals surface area contributed by atoms with Gasteiger partial charge in [-0.2, -0.15) is 0 Å². The number of methoxy groups -OCH3 is 1. The first kappa shape index (κ1) is 14.8. The molecule has 20 heavy (non-hydrogen) atoms. The molecule has 108 valence electrons. The summed E-state index contributed by atoms with van der Waals surface area (Å²) in [5.41, 5.74) is 5.75. The highest BCUT2D eigenvalue weighted by Crippen LogP contribution is 2.25. The van der Waals surface area contributed by atoms with Gasteiger partial charge in [-0.1, -0.05) is 0 Å². The first-order valence-corrected chi connectivity index (χ1v) is 6.85. The summed E-state index contributed by atoms with van der Waals surface area (Å²) in [5, 5.41) is 0. The standard InChI is InChI=1S/C13H15BrN2O4/c1-19-8-2-3-10(14)9(6-8)13(18)16-4-5-20-7-11(16)12(15)17/h2-3,6,11H,4-5,7H2,1H3,(H2,15,17). The number of nitrogens with zero attached hydrogens (tertiary/aromatic N) is 1. The van der Waals surface area contributed by atoms with Crippen LogP contribution in [0.3, 0.4) is 0 Å². The van der Waals surface area contributed by atoms with Gasteiger partial charge in [0.15, 0.2) is 0 Å². The monoisotopic (exact) mass is 342 g/mol. The normalized spacial score (nSPS) is 18.7. The van der Waals surface area contributed by atoms with Crippen LogP contribution in [-0.4, -0.2) is 49.6 Å². The molecule has 1 atom stereocenters. The Kier molecular flexibility index (Phi) is 4.61. The number of amides is 2. The van der Waals surface area contributed by atoms with Gasteiger partial charge in [-0.3, -0.25) is 9.59 Å². The van der Waals surface area contributed by atoms with Crippen molar-refractivity contribution in [3.05, 3.63) is 28.2 Å². The van der Waals surface area contributed by atoms with Gasteiger partial charge in [0.1, 0.15) is 11.8 Å². The zero-order valence-electron chi connectivity index (χ0n) is 11.0. The fraction of sp³-hybridized carbons (Fsp3) is 0.385. The molecule has 0 saturated carbocycles. The lowest BCUT2D eigenvalue weighted by atomic mass is 10.1. The molecular weight excluding hydrogens is 328 g/mol. The second kappa shape index (κ2) is 6.23. The van der Waals surface area contributed by atoms with Crippen LogP contribution in [0.1, 0.15) is 10.4 Å². The third-order valence-corrected chi connectivity index (χ3v) is 3.81. The van der Waals surface area contributed by atoms with Crippen LogP contribution >= 0.6 is 15.9 Å². The lowest BCUT2D eigenvalue weighted by Crippen LogP contribution is -2.54. The lowest BCUT2D eigenvalue weighted by molar-refractivity contribution is -0.127. The van der Waals surface area contributed by atoms with E-state index in [2.05, 4.69) is 15.9 Å². The van der Waals surface area contributed by atoms with E-state index in [9.17, 15) is 9.59 Å². The topological polar surface area (TPSA) is 81.9 Å². The molecule has 6 nitrogen and oxygen atoms in total. The average molecular weight is 343 g/mol. The Morgan fingerprint density at radius 3 is 2.90 bits per heavy atom. The molecule has 0 bridgehead atoms. The number of primary amides is 1. The van der Waals surface area contributed by atoms with Gasteiger partial charge >= 0.3 is 0 Å². The molecule has 1 aromatic rings. The molecule has 0 aliphatic carbocycles. The van der Waals surface area contributed by atoms with E-state index < -0.39 is 11.9 Å². The van der Waals surface area contributed by atoms with E-state index in [1.54, 1.807) is 18.2 Å². The molecule has 1 heterocycles. The molecule has 7 heteroatoms. The van der Waals surface area contributed by atoms with Crippen molar-refractivity contribution in [2.45, 2.75) is 6.04 Å². The predicted octanol–water partition coefficient (Wildman–Crippen LogP) is 0.784. The Morgan fingerprint density at radius 2 is 2.25 bits per heavy atom. The van der Waals surface area contributed by atoms with Crippen LogP contribution in [0.2, 0.25) is 0 Å². The summed E-state index contributed by atoms with van der Waals surface area (Å²) < 4.78 is 11.0. The van der Waals surface area contributed by atoms with Gasteiger partial charge in [-0.25, -0.2) is 0 Å². The number of carbonyl (C=O) groups excluding carboxylic acids is 2. The van der Waals surface area contributed by atoms with Gasteiger partial charge in [-0.15, -0.1) is 0 Å². The summed E-state index contributed by atoms with van der Waals surface area (Å²) in [6.07, 6.45) is 0. The third-order valence-electron chi connectivity index (χ3n) is 3.12. The third kappa shape index (κ3) is 2.94. The molecule has 0 aromatic heterocycles. The summed E-state index contributed by atoms with van der Waals surface area (Å²) in [7, 11) is 1.53. The maximum absolute atomic E-state index is 12.6. The first-order valence-electron chi connectivity index (χ1n) is 6.06. The van der Waals surface area contributed by atoms with Gasteiger partial charge in [0.05, 0.1) is 25.9 Å². The highest BCUT2D eigenvalue weighted by atomic mass is 79.9. The van der Waals surface area contributed by atoms with Gasteiger partial charge in [-0.05, 0) is 34.1 Å². The fourth-order valence-electron chi connectivity index (χ4n) is 2.03. The number of hydrogen-bond acceptors (Lipinski definition) is 4. The van der Waals surface area contributed by atoms with E-state index >= 15 is 0 Å². The van der Waals surface area contributed by atoms with Crippen molar-refractivity contribution in [1.82, 2.24) is 4.90 Å². The number of halogens is 1. The van der Waals surface area contributed by atoms with Crippen molar-refractivity contribution in [2.24, 2.45) is 5.73 Å². The van der Waals surface area contributed by atoms with Gasteiger partial charge < -0.3 is 20.1 Å². The second-order valence-corrected chi connectivity index (χ2v) is 5.19. The zero-order chi connectivity index (χ0) is 14.7. The Balaban J connectivity index is 2.31. The summed E-state index contributed by atoms with van der Waals surface area (Å²) >= 11 is 3.33. The van der Waals surface area contributed by atoms with E-state index in [1.807, 2.05) is 0 Å². The van der Waals surface area contributed by atoms with Crippen molar-refractivity contribution in [3.8, 4) is 5.75 Å². The fourth-order valence-corrected chi connectivity index (χ4v) is 2.45. The summed E-state index contributed by atoms with van der Waals surface area (Å²) in [6.45, 7) is 0.843. The summed E-state index contributed by atoms with van der Waals surface area (Å²) in [5.74, 6) is -0.277. The molecule has 1 fully saturated rings. The second-order valence-electron chi connectivity index (χ2n) is 4.34. The number of morpholine rings is 1. The Labute approximate surface area is 124 Å². The van der Waals surface area contributed by atoms with E-state index in [0.29, 0.717) is 28.9 Å². The van der Waals surface area contributed by atoms with Crippen LogP contribution in [0.25, 0.3) is 0 Å². The summed E-state index contributed by atoms with van der Waals surface area (Å²) in [4.78, 5) is 25.4. The summed E-state index contributed by atoms with van der Waals surface area (Å²) in [6, 6.07) is 4.35. The quantitative estimate of drug-likeness (QED) is 0.880. The molecule has 1 unspecified atom stereocenters. The molecule has 1 aromatic carbocycles. The van der Waals surface area contributed by atoms with Crippen LogP contribution in [-0.2, 0) is 9.53 Å². The number of nitrogens with two attached hydrogens (primary N) is 1. The minimum Gasteiger partial charge on any atom is -0.497 e. The molecule has 1 aliphatic heterocycles. The van der Waals surface area contributed by atoms with Crippen LogP contribution in [0.4, 0.5) is 0 Å². The SMILES string of the molecule is COc1ccc(Br)c(C(=O)N2CCOCC2C(N)=O)c1. The number of hydrogen-bond donors (Lipinski definition) is 1. The van der Waals surface area contributed by atoms with Crippen LogP contribution < -0.4 is 10.5 Å². The lowest BCUT2D eigenvalue weighted by Gasteiger charge is -2.33. The number of ether oxygens (including phenoxy) is 2. The highest BCUT2D eigenvalue weighted by molar-refractivity contribution is 9.10. The van der Waals surface area contributed by atoms with E-state index in [0.717, 1.165) is 0 Å². The Bertz CT molecular complexity index is 535. The van der Waals surface area contributed by atoms with Crippen molar-refractivity contribution in [1.29, 1.82) is 0 Å². The molecular formula is C13H15BrN2O4. The van der Waals surface area contributed by atoms with Gasteiger partial charge in [0, 0.05) is 11.0 Å². The highest BCUT2D eigenvalue weighted by Gasteiger charge is 2.32. The number of rotatable bonds is 3. The van der Waals surface area contributed by atoms with Crippen molar-refractivity contribution in [2.75, 3.05) is 26.9 Å². The van der Waals surface area contributed by atoms with E-state index in [-0.39, 0.29) is 12.5 Å². The van der Waals surface area contributed by atoms with Crippen LogP contribution in [0.5, 0.6) is 5.75 Å². The van der Waals surface area contributed by atoms with Crippen molar-refractivity contribution < 1.29 is 19.1 Å². The minimum atomic E-state index is -0.741. The first-order chi connectivity index (χ1) is 9.54. The maximum Gasteiger partial charge on any atom is 0.255 e. The van der Waals surface area contributed by atoms with Crippen molar-refractivity contribution in [3.63, 3.8) is 0 Å². The van der Waals surface area contributed by atoms with Gasteiger partial charge in [0.25, 0.3) is 5.91 Å². The largest absolute Gasteiger partial charge is 0.497 e. The molecule has 0 radical (unpaired) electrons. The molecule has 1 aliphatic rings. The van der Waals surface area contributed by atoms with Crippen molar-refractivity contribution >= 4 is 27.7 Å². The molecule has 2 rings (SSSR count). The molecule has 2 N–H and O–H groups in total. The molecule has 0 spiro atoms. The smallest absolute Gasteiger partial charge is 0.255 e. The van der Waals surface area contributed by atoms with E-state index in [4.69, 9.17) is 15.2 Å². The Morgan fingerprint density at radius 1 is 1.50 bits per heavy atom. The number of carbonyl (C=O) groups is 2. The zero-order valence-corrected chi connectivity index (χ0v) is 12.6. The predicted molar refractivity (Wildman–Crippen MR) is 75.5 cm³/mol. The number of benzene rings is 1. The van der Waals surface area contributed by atoms with E-state index in [1.165, 1.54) is 12.0 Å². The Hall–Kier alpha value is -1.60.